The van der Waals surface area contributed by atoms with Gasteiger partial charge >= 0.3 is 5.97 Å². The third-order valence-electron chi connectivity index (χ3n) is 2.85. The van der Waals surface area contributed by atoms with Crippen LogP contribution >= 0.6 is 0 Å². The summed E-state index contributed by atoms with van der Waals surface area (Å²) in [4.78, 5) is 22.7. The maximum absolute atomic E-state index is 13.6. The van der Waals surface area contributed by atoms with Crippen molar-refractivity contribution in [1.82, 2.24) is 0 Å². The van der Waals surface area contributed by atoms with Crippen molar-refractivity contribution in [3.8, 4) is 0 Å². The van der Waals surface area contributed by atoms with Gasteiger partial charge in [0.2, 0.25) is 0 Å². The van der Waals surface area contributed by atoms with Crippen LogP contribution in [0.5, 0.6) is 0 Å². The van der Waals surface area contributed by atoms with Crippen molar-refractivity contribution in [2.24, 2.45) is 0 Å². The standard InChI is InChI=1S/C15H12FNO3/c1-9-3-2-4-12(16)13(9)17-14(18)10-5-7-11(8-6-10)15(19)20/h2-8H,1H3,(H,17,18)(H,19,20). The van der Waals surface area contributed by atoms with Crippen LogP contribution in [0, 0.1) is 12.7 Å². The average Bonchev–Trinajstić information content (AvgIpc) is 2.43. The minimum Gasteiger partial charge on any atom is -0.478 e. The van der Waals surface area contributed by atoms with E-state index in [1.165, 1.54) is 30.3 Å². The number of benzene rings is 2. The number of hydrogen-bond acceptors (Lipinski definition) is 2. The Morgan fingerprint density at radius 2 is 1.65 bits per heavy atom. The lowest BCUT2D eigenvalue weighted by atomic mass is 10.1. The Kier molecular flexibility index (Phi) is 3.79. The van der Waals surface area contributed by atoms with E-state index >= 15 is 0 Å². The zero-order valence-corrected chi connectivity index (χ0v) is 10.7. The fraction of sp³-hybridized carbons (Fsp3) is 0.0667. The maximum atomic E-state index is 13.6. The van der Waals surface area contributed by atoms with Crippen molar-refractivity contribution in [3.63, 3.8) is 0 Å². The van der Waals surface area contributed by atoms with Gasteiger partial charge in [-0.25, -0.2) is 9.18 Å². The SMILES string of the molecule is Cc1cccc(F)c1NC(=O)c1ccc(C(=O)O)cc1. The molecule has 2 aromatic carbocycles. The van der Waals surface area contributed by atoms with E-state index in [2.05, 4.69) is 5.32 Å². The number of nitrogens with one attached hydrogen (secondary N) is 1. The molecule has 5 heteroatoms. The number of carbonyl (C=O) groups excluding carboxylic acids is 1. The highest BCUT2D eigenvalue weighted by Crippen LogP contribution is 2.19. The summed E-state index contributed by atoms with van der Waals surface area (Å²) in [5, 5.41) is 11.3. The first-order chi connectivity index (χ1) is 9.49. The van der Waals surface area contributed by atoms with Crippen LogP contribution in [0.15, 0.2) is 42.5 Å². The molecule has 0 bridgehead atoms. The molecule has 2 aromatic rings. The molecule has 0 heterocycles. The first-order valence-corrected chi connectivity index (χ1v) is 5.89. The second-order valence-corrected chi connectivity index (χ2v) is 4.27. The second-order valence-electron chi connectivity index (χ2n) is 4.27. The van der Waals surface area contributed by atoms with E-state index in [9.17, 15) is 14.0 Å². The molecule has 0 aliphatic carbocycles. The van der Waals surface area contributed by atoms with Crippen molar-refractivity contribution >= 4 is 17.6 Å². The molecule has 4 nitrogen and oxygen atoms in total. The molecule has 20 heavy (non-hydrogen) atoms. The highest BCUT2D eigenvalue weighted by atomic mass is 19.1. The number of amides is 1. The Hall–Kier alpha value is -2.69. The molecule has 0 unspecified atom stereocenters. The van der Waals surface area contributed by atoms with E-state index in [0.717, 1.165) is 0 Å². The third-order valence-corrected chi connectivity index (χ3v) is 2.85. The first-order valence-electron chi connectivity index (χ1n) is 5.89. The van der Waals surface area contributed by atoms with Crippen LogP contribution in [-0.2, 0) is 0 Å². The minimum atomic E-state index is -1.07. The maximum Gasteiger partial charge on any atom is 0.335 e. The van der Waals surface area contributed by atoms with Crippen LogP contribution in [0.4, 0.5) is 10.1 Å². The highest BCUT2D eigenvalue weighted by Gasteiger charge is 2.12. The molecule has 1 amide bonds. The summed E-state index contributed by atoms with van der Waals surface area (Å²) in [7, 11) is 0. The van der Waals surface area contributed by atoms with Gasteiger partial charge in [-0.15, -0.1) is 0 Å². The smallest absolute Gasteiger partial charge is 0.335 e. The Labute approximate surface area is 114 Å². The van der Waals surface area contributed by atoms with Crippen molar-refractivity contribution < 1.29 is 19.1 Å². The number of aryl methyl sites for hydroxylation is 1. The van der Waals surface area contributed by atoms with Gasteiger partial charge in [-0.1, -0.05) is 12.1 Å². The molecule has 0 aromatic heterocycles. The molecular formula is C15H12FNO3. The number of hydrogen-bond donors (Lipinski definition) is 2. The normalized spacial score (nSPS) is 10.1. The van der Waals surface area contributed by atoms with Crippen LogP contribution in [0.3, 0.4) is 0 Å². The average molecular weight is 273 g/mol. The Bertz CT molecular complexity index is 645. The fourth-order valence-corrected chi connectivity index (χ4v) is 1.74. The molecule has 0 spiro atoms. The number of aromatic carboxylic acids is 1. The molecule has 2 rings (SSSR count). The van der Waals surface area contributed by atoms with Crippen LogP contribution < -0.4 is 5.32 Å². The number of carboxylic acid groups (broad SMARTS) is 1. The zero-order chi connectivity index (χ0) is 14.7. The van der Waals surface area contributed by atoms with Gasteiger partial charge in [0.05, 0.1) is 11.3 Å². The van der Waals surface area contributed by atoms with Gasteiger partial charge in [0, 0.05) is 5.56 Å². The van der Waals surface area contributed by atoms with Crippen molar-refractivity contribution in [2.45, 2.75) is 6.92 Å². The Morgan fingerprint density at radius 3 is 2.20 bits per heavy atom. The molecule has 0 fully saturated rings. The molecule has 2 N–H and O–H groups in total. The van der Waals surface area contributed by atoms with Gasteiger partial charge in [-0.05, 0) is 42.8 Å². The first kappa shape index (κ1) is 13.7. The van der Waals surface area contributed by atoms with Gasteiger partial charge in [-0.3, -0.25) is 4.79 Å². The van der Waals surface area contributed by atoms with Crippen LogP contribution in [0.25, 0.3) is 0 Å². The summed E-state index contributed by atoms with van der Waals surface area (Å²) in [6.45, 7) is 1.69. The van der Waals surface area contributed by atoms with Crippen LogP contribution in [0.1, 0.15) is 26.3 Å². The lowest BCUT2D eigenvalue weighted by molar-refractivity contribution is 0.0696. The van der Waals surface area contributed by atoms with E-state index in [4.69, 9.17) is 5.11 Å². The van der Waals surface area contributed by atoms with E-state index in [1.807, 2.05) is 0 Å². The number of carbonyl (C=O) groups is 2. The number of halogens is 1. The predicted molar refractivity (Wildman–Crippen MR) is 72.5 cm³/mol. The van der Waals surface area contributed by atoms with Gasteiger partial charge in [-0.2, -0.15) is 0 Å². The van der Waals surface area contributed by atoms with E-state index in [-0.39, 0.29) is 16.8 Å². The van der Waals surface area contributed by atoms with E-state index in [0.29, 0.717) is 5.56 Å². The Balaban J connectivity index is 2.22. The van der Waals surface area contributed by atoms with Gasteiger partial charge in [0.25, 0.3) is 5.91 Å². The summed E-state index contributed by atoms with van der Waals surface area (Å²) in [6.07, 6.45) is 0. The summed E-state index contributed by atoms with van der Waals surface area (Å²) in [5.74, 6) is -2.07. The molecule has 0 aliphatic heterocycles. The van der Waals surface area contributed by atoms with Crippen molar-refractivity contribution in [3.05, 3.63) is 65.0 Å². The zero-order valence-electron chi connectivity index (χ0n) is 10.7. The number of para-hydroxylation sites is 1. The van der Waals surface area contributed by atoms with Gasteiger partial charge in [0.1, 0.15) is 5.82 Å². The highest BCUT2D eigenvalue weighted by molar-refractivity contribution is 6.05. The Morgan fingerprint density at radius 1 is 1.05 bits per heavy atom. The topological polar surface area (TPSA) is 66.4 Å². The second kappa shape index (κ2) is 5.52. The number of anilines is 1. The molecular weight excluding hydrogens is 261 g/mol. The quantitative estimate of drug-likeness (QED) is 0.903. The van der Waals surface area contributed by atoms with E-state index < -0.39 is 17.7 Å². The predicted octanol–water partition coefficient (Wildman–Crippen LogP) is 3.08. The van der Waals surface area contributed by atoms with Crippen molar-refractivity contribution in [2.75, 3.05) is 5.32 Å². The van der Waals surface area contributed by atoms with Crippen LogP contribution in [-0.4, -0.2) is 17.0 Å². The largest absolute Gasteiger partial charge is 0.478 e. The third kappa shape index (κ3) is 2.83. The van der Waals surface area contributed by atoms with Gasteiger partial charge < -0.3 is 10.4 Å². The summed E-state index contributed by atoms with van der Waals surface area (Å²) in [6, 6.07) is 9.92. The summed E-state index contributed by atoms with van der Waals surface area (Å²) in [5.41, 5.74) is 1.08. The lowest BCUT2D eigenvalue weighted by Crippen LogP contribution is -2.14. The summed E-state index contributed by atoms with van der Waals surface area (Å²) < 4.78 is 13.6. The molecule has 0 saturated carbocycles. The summed E-state index contributed by atoms with van der Waals surface area (Å²) >= 11 is 0. The number of carboxylic acids is 1. The lowest BCUT2D eigenvalue weighted by Gasteiger charge is -2.09. The molecule has 102 valence electrons. The number of rotatable bonds is 3. The minimum absolute atomic E-state index is 0.0867. The van der Waals surface area contributed by atoms with E-state index in [1.54, 1.807) is 19.1 Å². The molecule has 0 saturated heterocycles. The molecule has 0 radical (unpaired) electrons. The molecule has 0 atom stereocenters. The fourth-order valence-electron chi connectivity index (χ4n) is 1.74. The van der Waals surface area contributed by atoms with Crippen LogP contribution in [0.2, 0.25) is 0 Å². The monoisotopic (exact) mass is 273 g/mol. The van der Waals surface area contributed by atoms with Gasteiger partial charge in [0.15, 0.2) is 0 Å². The molecule has 0 aliphatic rings. The van der Waals surface area contributed by atoms with Crippen molar-refractivity contribution in [1.29, 1.82) is 0 Å².